The zero-order valence-corrected chi connectivity index (χ0v) is 7.95. The molecule has 3 heteroatoms. The van der Waals surface area contributed by atoms with Crippen molar-refractivity contribution < 1.29 is 4.79 Å². The van der Waals surface area contributed by atoms with E-state index < -0.39 is 0 Å². The Morgan fingerprint density at radius 1 is 1.62 bits per heavy atom. The first-order valence-corrected chi connectivity index (χ1v) is 4.05. The zero-order chi connectivity index (χ0) is 9.84. The summed E-state index contributed by atoms with van der Waals surface area (Å²) in [6.07, 6.45) is 1.64. The Labute approximate surface area is 78.4 Å². The highest BCUT2D eigenvalue weighted by atomic mass is 16.1. The molecule has 0 N–H and O–H groups in total. The fraction of sp³-hybridized carbons (Fsp3) is 0.300. The Morgan fingerprint density at radius 3 is 2.85 bits per heavy atom. The van der Waals surface area contributed by atoms with Crippen LogP contribution in [0.5, 0.6) is 0 Å². The van der Waals surface area contributed by atoms with Gasteiger partial charge in [-0.25, -0.2) is 0 Å². The van der Waals surface area contributed by atoms with Crippen LogP contribution in [0.15, 0.2) is 18.3 Å². The second-order valence-electron chi connectivity index (χ2n) is 3.20. The lowest BCUT2D eigenvalue weighted by molar-refractivity contribution is 0.104. The third-order valence-electron chi connectivity index (χ3n) is 1.62. The zero-order valence-electron chi connectivity index (χ0n) is 7.95. The Balaban J connectivity index is 2.85. The van der Waals surface area contributed by atoms with Gasteiger partial charge in [0.05, 0.1) is 5.69 Å². The Hall–Kier alpha value is -1.22. The SMILES string of the molecule is [CH2]C(=O)c1ccnc(CN(C)C)c1. The van der Waals surface area contributed by atoms with Gasteiger partial charge >= 0.3 is 0 Å². The van der Waals surface area contributed by atoms with E-state index in [-0.39, 0.29) is 5.78 Å². The second-order valence-corrected chi connectivity index (χ2v) is 3.20. The molecule has 13 heavy (non-hydrogen) atoms. The molecule has 69 valence electrons. The van der Waals surface area contributed by atoms with E-state index in [2.05, 4.69) is 11.9 Å². The van der Waals surface area contributed by atoms with Gasteiger partial charge in [-0.15, -0.1) is 0 Å². The number of ketones is 1. The van der Waals surface area contributed by atoms with Crippen molar-refractivity contribution in [3.05, 3.63) is 36.5 Å². The second kappa shape index (κ2) is 4.14. The number of nitrogens with zero attached hydrogens (tertiary/aromatic N) is 2. The number of hydrogen-bond donors (Lipinski definition) is 0. The summed E-state index contributed by atoms with van der Waals surface area (Å²) in [4.78, 5) is 17.1. The van der Waals surface area contributed by atoms with E-state index in [0.717, 1.165) is 12.2 Å². The molecule has 1 rings (SSSR count). The molecular formula is C10H13N2O. The number of carbonyl (C=O) groups is 1. The van der Waals surface area contributed by atoms with Crippen LogP contribution in [0.2, 0.25) is 0 Å². The number of pyridine rings is 1. The molecule has 0 aromatic carbocycles. The number of rotatable bonds is 3. The van der Waals surface area contributed by atoms with E-state index >= 15 is 0 Å². The van der Waals surface area contributed by atoms with Crippen LogP contribution in [0.1, 0.15) is 16.1 Å². The smallest absolute Gasteiger partial charge is 0.163 e. The first-order chi connectivity index (χ1) is 6.09. The molecule has 1 aromatic rings. The summed E-state index contributed by atoms with van der Waals surface area (Å²) >= 11 is 0. The topological polar surface area (TPSA) is 33.2 Å². The molecule has 0 aliphatic rings. The molecule has 0 bridgehead atoms. The third-order valence-corrected chi connectivity index (χ3v) is 1.62. The van der Waals surface area contributed by atoms with Crippen molar-refractivity contribution in [2.24, 2.45) is 0 Å². The quantitative estimate of drug-likeness (QED) is 0.649. The van der Waals surface area contributed by atoms with Gasteiger partial charge in [-0.3, -0.25) is 9.78 Å². The van der Waals surface area contributed by atoms with E-state index in [4.69, 9.17) is 0 Å². The van der Waals surface area contributed by atoms with Gasteiger partial charge in [0.15, 0.2) is 5.78 Å². The monoisotopic (exact) mass is 177 g/mol. The maximum Gasteiger partial charge on any atom is 0.163 e. The number of aromatic nitrogens is 1. The predicted octanol–water partition coefficient (Wildman–Crippen LogP) is 1.16. The lowest BCUT2D eigenvalue weighted by Crippen LogP contribution is -2.12. The fourth-order valence-electron chi connectivity index (χ4n) is 1.06. The summed E-state index contributed by atoms with van der Waals surface area (Å²) in [7, 11) is 3.92. The summed E-state index contributed by atoms with van der Waals surface area (Å²) in [5.74, 6) is -0.164. The molecule has 0 saturated carbocycles. The summed E-state index contributed by atoms with van der Waals surface area (Å²) < 4.78 is 0. The number of hydrogen-bond acceptors (Lipinski definition) is 3. The van der Waals surface area contributed by atoms with Crippen molar-refractivity contribution in [2.75, 3.05) is 14.1 Å². The van der Waals surface area contributed by atoms with Gasteiger partial charge in [-0.1, -0.05) is 0 Å². The van der Waals surface area contributed by atoms with Crippen LogP contribution in [0.25, 0.3) is 0 Å². The van der Waals surface area contributed by atoms with Crippen LogP contribution < -0.4 is 0 Å². The van der Waals surface area contributed by atoms with Gasteiger partial charge in [-0.05, 0) is 26.2 Å². The fourth-order valence-corrected chi connectivity index (χ4v) is 1.06. The first-order valence-electron chi connectivity index (χ1n) is 4.05. The summed E-state index contributed by atoms with van der Waals surface area (Å²) in [5.41, 5.74) is 1.51. The van der Waals surface area contributed by atoms with Gasteiger partial charge in [0.25, 0.3) is 0 Å². The van der Waals surface area contributed by atoms with Crippen LogP contribution in [0.3, 0.4) is 0 Å². The summed E-state index contributed by atoms with van der Waals surface area (Å²) in [6.45, 7) is 4.09. The molecule has 0 spiro atoms. The van der Waals surface area contributed by atoms with Crippen molar-refractivity contribution >= 4 is 5.78 Å². The average Bonchev–Trinajstić information content (AvgIpc) is 2.03. The van der Waals surface area contributed by atoms with Gasteiger partial charge in [0.2, 0.25) is 0 Å². The number of Topliss-reactive ketones (excluding diaryl/α,β-unsaturated/α-hetero) is 1. The standard InChI is InChI=1S/C10H13N2O/c1-8(13)9-4-5-11-10(6-9)7-12(2)3/h4-6H,1,7H2,2-3H3. The highest BCUT2D eigenvalue weighted by Crippen LogP contribution is 2.03. The minimum absolute atomic E-state index is 0.164. The lowest BCUT2D eigenvalue weighted by atomic mass is 10.1. The van der Waals surface area contributed by atoms with Gasteiger partial charge in [-0.2, -0.15) is 0 Å². The number of carbonyl (C=O) groups excluding carboxylic acids is 1. The molecule has 1 heterocycles. The van der Waals surface area contributed by atoms with E-state index in [1.807, 2.05) is 19.0 Å². The third kappa shape index (κ3) is 2.95. The molecule has 0 aliphatic heterocycles. The molecule has 0 aliphatic carbocycles. The molecule has 0 amide bonds. The molecule has 0 saturated heterocycles. The van der Waals surface area contributed by atoms with Crippen LogP contribution in [-0.4, -0.2) is 29.8 Å². The highest BCUT2D eigenvalue weighted by Gasteiger charge is 2.01. The van der Waals surface area contributed by atoms with Gasteiger partial charge < -0.3 is 4.90 Å². The molecule has 1 radical (unpaired) electrons. The average molecular weight is 177 g/mol. The maximum absolute atomic E-state index is 10.9. The van der Waals surface area contributed by atoms with Crippen molar-refractivity contribution in [3.8, 4) is 0 Å². The Kier molecular flexibility index (Phi) is 3.14. The summed E-state index contributed by atoms with van der Waals surface area (Å²) in [6, 6.07) is 3.45. The van der Waals surface area contributed by atoms with E-state index in [1.165, 1.54) is 0 Å². The van der Waals surface area contributed by atoms with Gasteiger partial charge in [0, 0.05) is 25.2 Å². The molecule has 3 nitrogen and oxygen atoms in total. The van der Waals surface area contributed by atoms with Crippen LogP contribution in [0, 0.1) is 6.92 Å². The normalized spacial score (nSPS) is 10.5. The molecule has 0 fully saturated rings. The molecule has 1 aromatic heterocycles. The molecule has 0 atom stereocenters. The van der Waals surface area contributed by atoms with Crippen molar-refractivity contribution in [3.63, 3.8) is 0 Å². The Bertz CT molecular complexity index is 308. The van der Waals surface area contributed by atoms with Crippen LogP contribution in [0.4, 0.5) is 0 Å². The predicted molar refractivity (Wildman–Crippen MR) is 51.3 cm³/mol. The van der Waals surface area contributed by atoms with Crippen molar-refractivity contribution in [1.82, 2.24) is 9.88 Å². The highest BCUT2D eigenvalue weighted by molar-refractivity contribution is 5.99. The molecular weight excluding hydrogens is 164 g/mol. The molecule has 0 unspecified atom stereocenters. The van der Waals surface area contributed by atoms with E-state index in [9.17, 15) is 4.79 Å². The Morgan fingerprint density at radius 2 is 2.31 bits per heavy atom. The maximum atomic E-state index is 10.9. The largest absolute Gasteiger partial charge is 0.304 e. The first kappa shape index (κ1) is 9.86. The van der Waals surface area contributed by atoms with E-state index in [1.54, 1.807) is 18.3 Å². The van der Waals surface area contributed by atoms with Gasteiger partial charge in [0.1, 0.15) is 0 Å². The lowest BCUT2D eigenvalue weighted by Gasteiger charge is -2.08. The minimum Gasteiger partial charge on any atom is -0.304 e. The minimum atomic E-state index is -0.164. The van der Waals surface area contributed by atoms with E-state index in [0.29, 0.717) is 5.56 Å². The van der Waals surface area contributed by atoms with Crippen molar-refractivity contribution in [1.29, 1.82) is 0 Å². The van der Waals surface area contributed by atoms with Crippen LogP contribution in [-0.2, 0) is 6.54 Å². The van der Waals surface area contributed by atoms with Crippen molar-refractivity contribution in [2.45, 2.75) is 6.54 Å². The summed E-state index contributed by atoms with van der Waals surface area (Å²) in [5, 5.41) is 0. The van der Waals surface area contributed by atoms with Crippen LogP contribution >= 0.6 is 0 Å².